The van der Waals surface area contributed by atoms with E-state index in [-0.39, 0.29) is 34.6 Å². The molecule has 1 amide bonds. The molecule has 2 aliphatic rings. The van der Waals surface area contributed by atoms with E-state index in [1.165, 1.54) is 42.0 Å². The first-order valence-electron chi connectivity index (χ1n) is 9.83. The van der Waals surface area contributed by atoms with Crippen molar-refractivity contribution in [2.24, 2.45) is 0 Å². The Bertz CT molecular complexity index is 1310. The average molecular weight is 480 g/mol. The van der Waals surface area contributed by atoms with Gasteiger partial charge in [-0.2, -0.15) is 13.2 Å². The topological polar surface area (TPSA) is 92.7 Å². The van der Waals surface area contributed by atoms with E-state index in [9.17, 15) is 30.8 Å². The van der Waals surface area contributed by atoms with Gasteiger partial charge in [-0.1, -0.05) is 18.2 Å². The number of benzene rings is 1. The second-order valence-electron chi connectivity index (χ2n) is 7.55. The lowest BCUT2D eigenvalue weighted by molar-refractivity contribution is -0.481. The van der Waals surface area contributed by atoms with Gasteiger partial charge in [0.25, 0.3) is 0 Å². The fourth-order valence-electron chi connectivity index (χ4n) is 3.65. The maximum atomic E-state index is 13.3. The van der Waals surface area contributed by atoms with Crippen LogP contribution in [0, 0.1) is 5.82 Å². The number of fused-ring (bicyclic) bond motifs is 3. The molecule has 0 saturated heterocycles. The monoisotopic (exact) mass is 480 g/mol. The number of pyridine rings is 1. The van der Waals surface area contributed by atoms with E-state index in [1.54, 1.807) is 22.9 Å². The number of halogens is 4. The molecule has 0 atom stereocenters. The Morgan fingerprint density at radius 2 is 1.88 bits per heavy atom. The molecule has 1 aliphatic carbocycles. The van der Waals surface area contributed by atoms with Crippen LogP contribution >= 0.6 is 0 Å². The lowest BCUT2D eigenvalue weighted by Gasteiger charge is -2.18. The number of aromatic nitrogens is 1. The average Bonchev–Trinajstić information content (AvgIpc) is 2.94. The van der Waals surface area contributed by atoms with E-state index >= 15 is 0 Å². The van der Waals surface area contributed by atoms with Crippen molar-refractivity contribution in [3.05, 3.63) is 88.2 Å². The second-order valence-corrected chi connectivity index (χ2v) is 9.28. The number of amides is 1. The van der Waals surface area contributed by atoms with Crippen LogP contribution < -0.4 is 10.0 Å². The fourth-order valence-corrected chi connectivity index (χ4v) is 4.98. The van der Waals surface area contributed by atoms with Crippen molar-refractivity contribution in [3.8, 4) is 0 Å². The Morgan fingerprint density at radius 1 is 1.15 bits per heavy atom. The number of hydrogen-bond acceptors (Lipinski definition) is 4. The molecular weight excluding hydrogens is 462 g/mol. The highest BCUT2D eigenvalue weighted by Gasteiger charge is 2.34. The summed E-state index contributed by atoms with van der Waals surface area (Å²) in [6.45, 7) is -1.74. The van der Waals surface area contributed by atoms with E-state index in [0.717, 1.165) is 0 Å². The number of nitrogens with zero attached hydrogens (tertiary/aromatic N) is 1. The van der Waals surface area contributed by atoms with Crippen LogP contribution in [0.2, 0.25) is 0 Å². The number of hydrogen-bond donors (Lipinski definition) is 2. The molecule has 1 aliphatic heterocycles. The Kier molecular flexibility index (Phi) is 6.04. The minimum atomic E-state index is -4.75. The van der Waals surface area contributed by atoms with Gasteiger partial charge in [-0.3, -0.25) is 5.32 Å². The molecule has 0 unspecified atom stereocenters. The molecule has 0 radical (unpaired) electrons. The highest BCUT2D eigenvalue weighted by molar-refractivity contribution is 7.98. The third kappa shape index (κ3) is 5.10. The molecule has 1 aromatic heterocycles. The summed E-state index contributed by atoms with van der Waals surface area (Å²) in [5.74, 6) is -0.860. The van der Waals surface area contributed by atoms with Crippen LogP contribution in [-0.2, 0) is 22.9 Å². The summed E-state index contributed by atoms with van der Waals surface area (Å²) >= 11 is 0. The maximum Gasteiger partial charge on any atom is 0.402 e. The second kappa shape index (κ2) is 8.65. The Labute approximate surface area is 186 Å². The minimum absolute atomic E-state index is 0.0233. The van der Waals surface area contributed by atoms with Crippen LogP contribution in [0.15, 0.2) is 54.4 Å². The lowest BCUT2D eigenvalue weighted by atomic mass is 9.97. The molecule has 11 heteroatoms. The first-order chi connectivity index (χ1) is 15.5. The molecule has 0 spiro atoms. The van der Waals surface area contributed by atoms with Crippen LogP contribution in [0.3, 0.4) is 0 Å². The number of rotatable bonds is 5. The van der Waals surface area contributed by atoms with E-state index in [0.29, 0.717) is 16.7 Å². The number of carbonyl (C=O) groups is 1. The molecular formula is C22H18F4N3O3S+. The van der Waals surface area contributed by atoms with Crippen molar-refractivity contribution in [1.82, 2.24) is 9.71 Å². The fraction of sp³-hybridized carbons (Fsp3) is 0.182. The molecule has 6 nitrogen and oxygen atoms in total. The van der Waals surface area contributed by atoms with Crippen LogP contribution in [0.5, 0.6) is 0 Å². The quantitative estimate of drug-likeness (QED) is 0.644. The zero-order valence-electron chi connectivity index (χ0n) is 17.0. The van der Waals surface area contributed by atoms with Gasteiger partial charge in [0.1, 0.15) is 18.6 Å². The van der Waals surface area contributed by atoms with Gasteiger partial charge in [0.05, 0.1) is 4.91 Å². The van der Waals surface area contributed by atoms with Gasteiger partial charge in [0.2, 0.25) is 10.0 Å². The third-order valence-electron chi connectivity index (χ3n) is 5.16. The molecule has 33 heavy (non-hydrogen) atoms. The van der Waals surface area contributed by atoms with Gasteiger partial charge in [-0.15, -0.1) is 0 Å². The first kappa shape index (κ1) is 23.0. The Hall–Kier alpha value is -3.15. The van der Waals surface area contributed by atoms with Crippen molar-refractivity contribution >= 4 is 26.9 Å². The minimum Gasteiger partial charge on any atom is -0.251 e. The number of nitrogens with one attached hydrogen (secondary N) is 1. The van der Waals surface area contributed by atoms with Gasteiger partial charge >= 0.3 is 12.1 Å². The van der Waals surface area contributed by atoms with Crippen molar-refractivity contribution in [2.45, 2.75) is 19.0 Å². The van der Waals surface area contributed by atoms with E-state index in [1.807, 2.05) is 0 Å². The summed E-state index contributed by atoms with van der Waals surface area (Å²) in [5.41, 5.74) is 2.05. The molecule has 2 heterocycles. The molecule has 172 valence electrons. The van der Waals surface area contributed by atoms with Crippen LogP contribution in [0.25, 0.3) is 11.0 Å². The van der Waals surface area contributed by atoms with Crippen LogP contribution in [0.1, 0.15) is 32.7 Å². The highest BCUT2D eigenvalue weighted by atomic mass is 32.2. The third-order valence-corrected chi connectivity index (χ3v) is 6.59. The molecule has 4 rings (SSSR count). The summed E-state index contributed by atoms with van der Waals surface area (Å²) in [5, 5.41) is 1.27. The molecule has 3 N–H and O–H groups in total. The standard InChI is InChI=1S/C22H17F4N3O3S/c23-16-5-2-13(3-6-16)9-14-1-4-15-11-28-20-17(7-8-27-21(20)30)19(15)18(10-14)33(31,32)29-12-22(24,25)26/h1-3,5-8,10-11,29H,4,9,12H2,(H,27,30)/p+1. The molecule has 0 fully saturated rings. The van der Waals surface area contributed by atoms with Crippen molar-refractivity contribution in [2.75, 3.05) is 6.54 Å². The van der Waals surface area contributed by atoms with Crippen LogP contribution in [0.4, 0.5) is 17.6 Å². The van der Waals surface area contributed by atoms with E-state index in [4.69, 9.17) is 0 Å². The van der Waals surface area contributed by atoms with E-state index < -0.39 is 34.5 Å². The molecule has 2 aromatic rings. The summed E-state index contributed by atoms with van der Waals surface area (Å²) in [4.78, 5) is 16.0. The van der Waals surface area contributed by atoms with Crippen molar-refractivity contribution in [3.63, 3.8) is 0 Å². The number of carbonyl (C=O) groups excluding carboxylic acids is 1. The molecule has 0 saturated carbocycles. The number of allylic oxidation sites excluding steroid dienone is 3. The summed E-state index contributed by atoms with van der Waals surface area (Å²) in [6, 6.07) is 5.61. The zero-order chi connectivity index (χ0) is 23.8. The van der Waals surface area contributed by atoms with Gasteiger partial charge in [-0.25, -0.2) is 27.3 Å². The van der Waals surface area contributed by atoms with Crippen LogP contribution in [-0.4, -0.2) is 32.0 Å². The van der Waals surface area contributed by atoms with Gasteiger partial charge in [0.15, 0.2) is 5.69 Å². The maximum absolute atomic E-state index is 13.3. The summed E-state index contributed by atoms with van der Waals surface area (Å²) in [6.07, 6.45) is 3.07. The molecule has 1 aromatic carbocycles. The van der Waals surface area contributed by atoms with E-state index in [2.05, 4.69) is 4.98 Å². The number of primary amides is 1. The Morgan fingerprint density at radius 3 is 2.58 bits per heavy atom. The number of quaternary nitrogens is 1. The lowest BCUT2D eigenvalue weighted by Crippen LogP contribution is -2.83. The van der Waals surface area contributed by atoms with Crippen molar-refractivity contribution in [1.29, 1.82) is 0 Å². The SMILES string of the molecule is O=C1[NH2+]C=Cc2c1ncc1c2C(S(=O)(=O)NCC(F)(F)F)=CC(Cc2ccc(F)cc2)=CC1. The smallest absolute Gasteiger partial charge is 0.251 e. The zero-order valence-corrected chi connectivity index (χ0v) is 17.8. The summed E-state index contributed by atoms with van der Waals surface area (Å²) < 4.78 is 79.4. The van der Waals surface area contributed by atoms with Crippen molar-refractivity contribution < 1.29 is 36.1 Å². The van der Waals surface area contributed by atoms with Gasteiger partial charge in [-0.05, 0) is 47.8 Å². The number of nitrogens with two attached hydrogens (primary N) is 1. The van der Waals surface area contributed by atoms with Gasteiger partial charge < -0.3 is 0 Å². The largest absolute Gasteiger partial charge is 0.402 e. The summed E-state index contributed by atoms with van der Waals surface area (Å²) in [7, 11) is -4.63. The first-order valence-corrected chi connectivity index (χ1v) is 11.3. The number of sulfonamides is 1. The predicted molar refractivity (Wildman–Crippen MR) is 112 cm³/mol. The molecule has 0 bridgehead atoms. The predicted octanol–water partition coefficient (Wildman–Crippen LogP) is 2.46. The number of alkyl halides is 3. The normalized spacial score (nSPS) is 15.9. The van der Waals surface area contributed by atoms with Gasteiger partial charge in [0, 0.05) is 23.4 Å². The highest BCUT2D eigenvalue weighted by Crippen LogP contribution is 2.35. The Balaban J connectivity index is 1.84.